The minimum Gasteiger partial charge on any atom is -0.470 e. The fraction of sp³-hybridized carbons (Fsp3) is 0.368. The van der Waals surface area contributed by atoms with E-state index in [0.29, 0.717) is 18.5 Å². The molecule has 150 valence electrons. The number of hydrogen-bond donors (Lipinski definition) is 2. The van der Waals surface area contributed by atoms with Crippen LogP contribution in [0.5, 0.6) is 0 Å². The maximum absolute atomic E-state index is 11.9. The topological polar surface area (TPSA) is 115 Å². The summed E-state index contributed by atoms with van der Waals surface area (Å²) < 4.78 is 10.5. The molecule has 1 saturated heterocycles. The molecule has 1 aromatic rings. The van der Waals surface area contributed by atoms with Gasteiger partial charge in [-0.15, -0.1) is 0 Å². The number of esters is 1. The third-order valence-corrected chi connectivity index (χ3v) is 3.54. The molecule has 2 radical (unpaired) electrons. The molecule has 28 heavy (non-hydrogen) atoms. The van der Waals surface area contributed by atoms with Crippen molar-refractivity contribution in [1.29, 1.82) is 0 Å². The van der Waals surface area contributed by atoms with Gasteiger partial charge in [0.25, 0.3) is 0 Å². The van der Waals surface area contributed by atoms with Crippen LogP contribution in [0.1, 0.15) is 26.7 Å². The molecule has 0 saturated carbocycles. The maximum Gasteiger partial charge on any atom is 0.437 e. The zero-order chi connectivity index (χ0) is 20.4. The van der Waals surface area contributed by atoms with Crippen molar-refractivity contribution in [2.24, 2.45) is 5.16 Å². The van der Waals surface area contributed by atoms with Gasteiger partial charge in [0.2, 0.25) is 11.8 Å². The first-order valence-electron chi connectivity index (χ1n) is 8.86. The van der Waals surface area contributed by atoms with Gasteiger partial charge >= 0.3 is 12.1 Å². The van der Waals surface area contributed by atoms with E-state index in [1.807, 2.05) is 13.0 Å². The van der Waals surface area contributed by atoms with Crippen molar-refractivity contribution in [3.05, 3.63) is 43.2 Å². The molecule has 2 N–H and O–H groups in total. The molecule has 1 heterocycles. The lowest BCUT2D eigenvalue weighted by molar-refractivity contribution is -0.143. The summed E-state index contributed by atoms with van der Waals surface area (Å²) in [7, 11) is 0. The van der Waals surface area contributed by atoms with E-state index in [-0.39, 0.29) is 18.4 Å². The van der Waals surface area contributed by atoms with Crippen LogP contribution in [0.2, 0.25) is 0 Å². The molecule has 0 aromatic heterocycles. The number of anilines is 1. The number of hydrogen-bond acceptors (Lipinski definition) is 7. The van der Waals surface area contributed by atoms with Crippen molar-refractivity contribution in [3.63, 3.8) is 0 Å². The van der Waals surface area contributed by atoms with Gasteiger partial charge in [-0.25, -0.2) is 4.79 Å². The lowest BCUT2D eigenvalue weighted by Gasteiger charge is -2.30. The number of carbonyl (C=O) groups excluding carboxylic acids is 3. The molecule has 9 heteroatoms. The van der Waals surface area contributed by atoms with Crippen LogP contribution in [0.3, 0.4) is 0 Å². The highest BCUT2D eigenvalue weighted by Crippen LogP contribution is 2.16. The monoisotopic (exact) mass is 389 g/mol. The summed E-state index contributed by atoms with van der Waals surface area (Å²) in [5.74, 6) is -0.666. The largest absolute Gasteiger partial charge is 0.470 e. The lowest BCUT2D eigenvalue weighted by atomic mass is 10.0. The van der Waals surface area contributed by atoms with Crippen LogP contribution in [0.4, 0.5) is 10.5 Å². The van der Waals surface area contributed by atoms with Crippen LogP contribution in [-0.4, -0.2) is 42.6 Å². The Morgan fingerprint density at radius 2 is 1.93 bits per heavy atom. The van der Waals surface area contributed by atoms with Crippen LogP contribution in [0.15, 0.2) is 35.5 Å². The van der Waals surface area contributed by atoms with Crippen LogP contribution in [0.25, 0.3) is 0 Å². The van der Waals surface area contributed by atoms with Crippen LogP contribution < -0.4 is 10.6 Å². The Labute approximate surface area is 163 Å². The van der Waals surface area contributed by atoms with Gasteiger partial charge in [0.05, 0.1) is 0 Å². The van der Waals surface area contributed by atoms with Crippen molar-refractivity contribution >= 4 is 29.6 Å². The molecule has 1 aliphatic heterocycles. The Hall–Kier alpha value is -3.10. The van der Waals surface area contributed by atoms with E-state index in [4.69, 9.17) is 14.3 Å². The summed E-state index contributed by atoms with van der Waals surface area (Å²) in [6, 6.07) is 8.02. The first-order valence-corrected chi connectivity index (χ1v) is 8.86. The molecule has 0 bridgehead atoms. The summed E-state index contributed by atoms with van der Waals surface area (Å²) >= 11 is 0. The number of para-hydroxylation sites is 1. The van der Waals surface area contributed by atoms with Crippen molar-refractivity contribution < 1.29 is 28.7 Å². The van der Waals surface area contributed by atoms with Gasteiger partial charge in [0.15, 0.2) is 0 Å². The van der Waals surface area contributed by atoms with E-state index in [1.165, 1.54) is 6.92 Å². The average molecular weight is 389 g/mol. The van der Waals surface area contributed by atoms with E-state index in [2.05, 4.69) is 15.8 Å². The molecular formula is C19H23N3O6. The van der Waals surface area contributed by atoms with Crippen molar-refractivity contribution in [3.8, 4) is 0 Å². The van der Waals surface area contributed by atoms with Crippen LogP contribution in [-0.2, 0) is 23.9 Å². The number of rotatable bonds is 7. The normalized spacial score (nSPS) is 20.0. The van der Waals surface area contributed by atoms with Gasteiger partial charge < -0.3 is 14.8 Å². The Kier molecular flexibility index (Phi) is 8.26. The third-order valence-electron chi connectivity index (χ3n) is 3.54. The third kappa shape index (κ3) is 7.26. The second-order valence-corrected chi connectivity index (χ2v) is 5.94. The molecule has 9 nitrogen and oxygen atoms in total. The summed E-state index contributed by atoms with van der Waals surface area (Å²) in [6.07, 6.45) is 2.88. The van der Waals surface area contributed by atoms with Gasteiger partial charge in [-0.05, 0) is 23.7 Å². The Bertz CT molecular complexity index is 707. The molecule has 0 unspecified atom stereocenters. The van der Waals surface area contributed by atoms with E-state index in [1.54, 1.807) is 37.1 Å². The van der Waals surface area contributed by atoms with Gasteiger partial charge in [-0.2, -0.15) is 0 Å². The predicted molar refractivity (Wildman–Crippen MR) is 101 cm³/mol. The van der Waals surface area contributed by atoms with E-state index in [9.17, 15) is 14.4 Å². The number of amides is 2. The molecule has 1 fully saturated rings. The smallest absolute Gasteiger partial charge is 0.437 e. The molecule has 2 atom stereocenters. The number of nitrogens with zero attached hydrogens (tertiary/aromatic N) is 1. The zero-order valence-corrected chi connectivity index (χ0v) is 15.7. The molecule has 0 aliphatic carbocycles. The number of nitrogens with one attached hydrogen (secondary N) is 2. The highest BCUT2D eigenvalue weighted by Gasteiger charge is 2.31. The summed E-state index contributed by atoms with van der Waals surface area (Å²) in [6.45, 7) is 3.14. The van der Waals surface area contributed by atoms with Gasteiger partial charge in [-0.3, -0.25) is 19.7 Å². The number of oxime groups is 1. The number of carbonyl (C=O) groups is 3. The van der Waals surface area contributed by atoms with Gasteiger partial charge in [0.1, 0.15) is 18.8 Å². The van der Waals surface area contributed by atoms with Crippen molar-refractivity contribution in [1.82, 2.24) is 5.32 Å². The minimum atomic E-state index is -0.813. The Balaban J connectivity index is 2.00. The van der Waals surface area contributed by atoms with Gasteiger partial charge in [0, 0.05) is 31.9 Å². The van der Waals surface area contributed by atoms with E-state index >= 15 is 0 Å². The molecule has 2 amide bonds. The Morgan fingerprint density at radius 1 is 1.18 bits per heavy atom. The fourth-order valence-electron chi connectivity index (χ4n) is 2.28. The zero-order valence-electron chi connectivity index (χ0n) is 15.7. The van der Waals surface area contributed by atoms with Crippen LogP contribution in [0, 0.1) is 12.8 Å². The molecule has 0 spiro atoms. The summed E-state index contributed by atoms with van der Waals surface area (Å²) in [4.78, 5) is 39.6. The molecular weight excluding hydrogens is 366 g/mol. The first-order chi connectivity index (χ1) is 13.5. The van der Waals surface area contributed by atoms with Gasteiger partial charge in [-0.1, -0.05) is 25.1 Å². The first kappa shape index (κ1) is 21.2. The highest BCUT2D eigenvalue weighted by molar-refractivity contribution is 5.91. The molecule has 2 rings (SSSR count). The number of benzene rings is 1. The van der Waals surface area contributed by atoms with Crippen molar-refractivity contribution in [2.45, 2.75) is 38.8 Å². The second kappa shape index (κ2) is 10.9. The standard InChI is InChI=1S/C19H23N3O6/c1-3-7-17(24)21-16-11-10-15(12-26-13(2)23)27-18(16)22-28-19(25)20-14-8-5-4-6-9-14/h4-6,8-11,15-16H,3,7,12H2,1-2H3,(H,20,25)(H,21,24)/t15-,16-/m1/s1. The molecule has 1 aromatic carbocycles. The lowest BCUT2D eigenvalue weighted by Crippen LogP contribution is -2.48. The fourth-order valence-corrected chi connectivity index (χ4v) is 2.28. The van der Waals surface area contributed by atoms with E-state index in [0.717, 1.165) is 0 Å². The predicted octanol–water partition coefficient (Wildman–Crippen LogP) is 2.20. The van der Waals surface area contributed by atoms with Crippen LogP contribution >= 0.6 is 0 Å². The quantitative estimate of drug-likeness (QED) is 0.420. The summed E-state index contributed by atoms with van der Waals surface area (Å²) in [5.41, 5.74) is 0.540. The van der Waals surface area contributed by atoms with E-state index < -0.39 is 24.2 Å². The highest BCUT2D eigenvalue weighted by atomic mass is 16.7. The minimum absolute atomic E-state index is 0.0210. The van der Waals surface area contributed by atoms with Crippen molar-refractivity contribution in [2.75, 3.05) is 11.9 Å². The molecule has 1 aliphatic rings. The maximum atomic E-state index is 11.9. The average Bonchev–Trinajstić information content (AvgIpc) is 2.67. The Morgan fingerprint density at radius 3 is 2.61 bits per heavy atom. The number of ether oxygens (including phenoxy) is 2. The summed E-state index contributed by atoms with van der Waals surface area (Å²) in [5, 5.41) is 8.97. The second-order valence-electron chi connectivity index (χ2n) is 5.94. The SMILES string of the molecule is CCCC(=O)N[C@@H]1[CH][CH][C@H](COC(C)=O)OC1=NOC(=O)Nc1ccccc1.